The summed E-state index contributed by atoms with van der Waals surface area (Å²) < 4.78 is 1.18. The second-order valence-corrected chi connectivity index (χ2v) is 6.26. The molecule has 0 aliphatic heterocycles. The molecule has 0 fully saturated rings. The highest BCUT2D eigenvalue weighted by Crippen LogP contribution is 2.26. The van der Waals surface area contributed by atoms with Crippen molar-refractivity contribution in [1.82, 2.24) is 4.98 Å². The lowest BCUT2D eigenvalue weighted by Gasteiger charge is -2.01. The molecule has 0 spiro atoms. The van der Waals surface area contributed by atoms with Crippen LogP contribution in [0.15, 0.2) is 36.4 Å². The number of carboxylic acid groups (broad SMARTS) is 1. The summed E-state index contributed by atoms with van der Waals surface area (Å²) in [6, 6.07) is 10.9. The lowest BCUT2D eigenvalue weighted by atomic mass is 10.1. The molecule has 0 aliphatic carbocycles. The van der Waals surface area contributed by atoms with Crippen molar-refractivity contribution in [3.8, 4) is 0 Å². The number of rotatable bonds is 3. The molecular formula is C18H14NO2S-. The van der Waals surface area contributed by atoms with Gasteiger partial charge in [0.1, 0.15) is 5.01 Å². The van der Waals surface area contributed by atoms with Gasteiger partial charge >= 0.3 is 0 Å². The standard InChI is InChI=1S/C18H15NO2S/c1-11-9-15-16(10-12(11)2)22-17(19-15)8-5-13-3-6-14(7-4-13)18(20)21/h3-10H,1-2H3,(H,20,21)/p-1/b8-5+. The number of hydrogen-bond acceptors (Lipinski definition) is 4. The molecule has 0 amide bonds. The first-order valence-corrected chi connectivity index (χ1v) is 7.72. The van der Waals surface area contributed by atoms with Crippen LogP contribution in [0.25, 0.3) is 22.4 Å². The normalized spacial score (nSPS) is 11.4. The molecule has 3 nitrogen and oxygen atoms in total. The van der Waals surface area contributed by atoms with Gasteiger partial charge in [0, 0.05) is 0 Å². The number of aromatic nitrogens is 1. The summed E-state index contributed by atoms with van der Waals surface area (Å²) in [7, 11) is 0. The Morgan fingerprint density at radius 2 is 1.77 bits per heavy atom. The highest BCUT2D eigenvalue weighted by Gasteiger charge is 2.03. The molecule has 0 saturated heterocycles. The molecule has 1 aromatic heterocycles. The minimum atomic E-state index is -1.16. The molecule has 0 aliphatic rings. The number of nitrogens with zero attached hydrogens (tertiary/aromatic N) is 1. The van der Waals surface area contributed by atoms with E-state index >= 15 is 0 Å². The Hall–Kier alpha value is -2.46. The molecule has 4 heteroatoms. The van der Waals surface area contributed by atoms with E-state index in [1.165, 1.54) is 15.8 Å². The summed E-state index contributed by atoms with van der Waals surface area (Å²) in [5.41, 5.74) is 4.63. The number of fused-ring (bicyclic) bond motifs is 1. The first-order chi connectivity index (χ1) is 10.5. The molecule has 2 aromatic carbocycles. The molecule has 3 rings (SSSR count). The van der Waals surface area contributed by atoms with E-state index in [4.69, 9.17) is 0 Å². The van der Waals surface area contributed by atoms with Crippen LogP contribution in [-0.2, 0) is 0 Å². The van der Waals surface area contributed by atoms with Crippen LogP contribution in [0.5, 0.6) is 0 Å². The van der Waals surface area contributed by atoms with Crippen molar-refractivity contribution in [1.29, 1.82) is 0 Å². The Kier molecular flexibility index (Phi) is 3.77. The predicted molar refractivity (Wildman–Crippen MR) is 88.8 cm³/mol. The van der Waals surface area contributed by atoms with Crippen LogP contribution in [0.4, 0.5) is 0 Å². The number of benzene rings is 2. The van der Waals surface area contributed by atoms with E-state index in [1.807, 2.05) is 12.2 Å². The fraction of sp³-hybridized carbons (Fsp3) is 0.111. The number of thiazole rings is 1. The Balaban J connectivity index is 1.87. The Morgan fingerprint density at radius 3 is 2.45 bits per heavy atom. The van der Waals surface area contributed by atoms with Gasteiger partial charge in [0.15, 0.2) is 0 Å². The minimum Gasteiger partial charge on any atom is -0.545 e. The van der Waals surface area contributed by atoms with Crippen molar-refractivity contribution in [2.75, 3.05) is 0 Å². The van der Waals surface area contributed by atoms with E-state index in [2.05, 4.69) is 31.0 Å². The zero-order valence-corrected chi connectivity index (χ0v) is 13.1. The average molecular weight is 308 g/mol. The van der Waals surface area contributed by atoms with E-state index in [0.29, 0.717) is 0 Å². The van der Waals surface area contributed by atoms with Crippen LogP contribution < -0.4 is 5.11 Å². The van der Waals surface area contributed by atoms with Crippen LogP contribution in [0.3, 0.4) is 0 Å². The monoisotopic (exact) mass is 308 g/mol. The van der Waals surface area contributed by atoms with Crippen LogP contribution >= 0.6 is 11.3 Å². The summed E-state index contributed by atoms with van der Waals surface area (Å²) in [4.78, 5) is 15.3. The van der Waals surface area contributed by atoms with Crippen molar-refractivity contribution in [3.63, 3.8) is 0 Å². The number of hydrogen-bond donors (Lipinski definition) is 0. The van der Waals surface area contributed by atoms with Gasteiger partial charge < -0.3 is 9.90 Å². The van der Waals surface area contributed by atoms with Gasteiger partial charge in [-0.2, -0.15) is 0 Å². The summed E-state index contributed by atoms with van der Waals surface area (Å²) in [6.07, 6.45) is 3.87. The smallest absolute Gasteiger partial charge is 0.117 e. The molecule has 3 aromatic rings. The van der Waals surface area contributed by atoms with Gasteiger partial charge in [0.2, 0.25) is 0 Å². The molecule has 1 heterocycles. The van der Waals surface area contributed by atoms with E-state index in [0.717, 1.165) is 16.1 Å². The van der Waals surface area contributed by atoms with E-state index in [9.17, 15) is 9.90 Å². The number of aromatic carboxylic acids is 1. The predicted octanol–water partition coefficient (Wildman–Crippen LogP) is 3.45. The number of carboxylic acids is 1. The highest BCUT2D eigenvalue weighted by atomic mass is 32.1. The summed E-state index contributed by atoms with van der Waals surface area (Å²) in [5, 5.41) is 11.6. The molecule has 0 radical (unpaired) electrons. The maximum Gasteiger partial charge on any atom is 0.117 e. The highest BCUT2D eigenvalue weighted by molar-refractivity contribution is 7.19. The quantitative estimate of drug-likeness (QED) is 0.744. The lowest BCUT2D eigenvalue weighted by molar-refractivity contribution is -0.255. The summed E-state index contributed by atoms with van der Waals surface area (Å²) in [5.74, 6) is -1.16. The van der Waals surface area contributed by atoms with Crippen molar-refractivity contribution < 1.29 is 9.90 Å². The van der Waals surface area contributed by atoms with Crippen molar-refractivity contribution in [3.05, 3.63) is 63.7 Å². The molecular weight excluding hydrogens is 294 g/mol. The Bertz CT molecular complexity index is 837. The minimum absolute atomic E-state index is 0.183. The number of carbonyl (C=O) groups excluding carboxylic acids is 1. The van der Waals surface area contributed by atoms with Crippen LogP contribution in [-0.4, -0.2) is 11.0 Å². The van der Waals surface area contributed by atoms with E-state index < -0.39 is 5.97 Å². The van der Waals surface area contributed by atoms with Gasteiger partial charge in [-0.1, -0.05) is 30.3 Å². The zero-order chi connectivity index (χ0) is 15.7. The Morgan fingerprint density at radius 1 is 1.09 bits per heavy atom. The molecule has 110 valence electrons. The maximum atomic E-state index is 10.7. The summed E-state index contributed by atoms with van der Waals surface area (Å²) in [6.45, 7) is 4.19. The third-order valence-corrected chi connectivity index (χ3v) is 4.57. The molecule has 22 heavy (non-hydrogen) atoms. The Labute approximate surface area is 132 Å². The van der Waals surface area contributed by atoms with E-state index in [-0.39, 0.29) is 5.56 Å². The van der Waals surface area contributed by atoms with Gasteiger partial charge in [-0.15, -0.1) is 11.3 Å². The zero-order valence-electron chi connectivity index (χ0n) is 12.3. The van der Waals surface area contributed by atoms with E-state index in [1.54, 1.807) is 35.6 Å². The van der Waals surface area contributed by atoms with Crippen LogP contribution in [0, 0.1) is 13.8 Å². The summed E-state index contributed by atoms with van der Waals surface area (Å²) >= 11 is 1.65. The van der Waals surface area contributed by atoms with Gasteiger partial charge in [0.25, 0.3) is 0 Å². The molecule has 0 unspecified atom stereocenters. The molecule has 0 atom stereocenters. The number of carbonyl (C=O) groups is 1. The average Bonchev–Trinajstić information content (AvgIpc) is 2.88. The lowest BCUT2D eigenvalue weighted by Crippen LogP contribution is -2.21. The number of aryl methyl sites for hydroxylation is 2. The van der Waals surface area contributed by atoms with Gasteiger partial charge in [-0.3, -0.25) is 0 Å². The van der Waals surface area contributed by atoms with Crippen molar-refractivity contribution in [2.24, 2.45) is 0 Å². The van der Waals surface area contributed by atoms with Crippen LogP contribution in [0.2, 0.25) is 0 Å². The van der Waals surface area contributed by atoms with Crippen molar-refractivity contribution in [2.45, 2.75) is 13.8 Å². The fourth-order valence-electron chi connectivity index (χ4n) is 2.17. The molecule has 0 bridgehead atoms. The second-order valence-electron chi connectivity index (χ2n) is 5.20. The largest absolute Gasteiger partial charge is 0.545 e. The molecule has 0 N–H and O–H groups in total. The maximum absolute atomic E-state index is 10.7. The van der Waals surface area contributed by atoms with Gasteiger partial charge in [0.05, 0.1) is 16.2 Å². The van der Waals surface area contributed by atoms with Crippen LogP contribution in [0.1, 0.15) is 32.1 Å². The topological polar surface area (TPSA) is 53.0 Å². The SMILES string of the molecule is Cc1cc2nc(/C=C/c3ccc(C(=O)[O-])cc3)sc2cc1C. The first-order valence-electron chi connectivity index (χ1n) is 6.90. The first kappa shape index (κ1) is 14.5. The third kappa shape index (κ3) is 2.92. The second kappa shape index (κ2) is 5.73. The van der Waals surface area contributed by atoms with Crippen molar-refractivity contribution >= 4 is 39.7 Å². The third-order valence-electron chi connectivity index (χ3n) is 3.59. The van der Waals surface area contributed by atoms with Gasteiger partial charge in [-0.05, 0) is 54.3 Å². The fourth-order valence-corrected chi connectivity index (χ4v) is 3.12. The molecule has 0 saturated carbocycles. The van der Waals surface area contributed by atoms with Gasteiger partial charge in [-0.25, -0.2) is 4.98 Å².